The van der Waals surface area contributed by atoms with Crippen molar-refractivity contribution in [3.8, 4) is 0 Å². The second-order valence-electron chi connectivity index (χ2n) is 7.03. The van der Waals surface area contributed by atoms with Crippen LogP contribution in [0, 0.1) is 0 Å². The number of amides is 1. The van der Waals surface area contributed by atoms with Gasteiger partial charge in [-0.1, -0.05) is 24.3 Å². The normalized spacial score (nSPS) is 15.4. The molecule has 28 heavy (non-hydrogen) atoms. The topological polar surface area (TPSA) is 67.2 Å². The molecule has 0 N–H and O–H groups in total. The lowest BCUT2D eigenvalue weighted by molar-refractivity contribution is 0.0754. The molecule has 3 heterocycles. The quantitative estimate of drug-likeness (QED) is 0.682. The van der Waals surface area contributed by atoms with Crippen molar-refractivity contribution in [2.45, 2.75) is 19.5 Å². The second-order valence-corrected chi connectivity index (χ2v) is 7.03. The predicted octanol–water partition coefficient (Wildman–Crippen LogP) is 2.07. The van der Waals surface area contributed by atoms with Crippen molar-refractivity contribution < 1.29 is 4.79 Å². The average Bonchev–Trinajstić information content (AvgIpc) is 3.14. The average molecular weight is 376 g/mol. The smallest absolute Gasteiger partial charge is 0.274 e. The summed E-state index contributed by atoms with van der Waals surface area (Å²) in [6.07, 6.45) is 9.42. The molecule has 0 unspecified atom stereocenters. The van der Waals surface area contributed by atoms with Gasteiger partial charge in [-0.25, -0.2) is 4.98 Å². The van der Waals surface area contributed by atoms with Crippen molar-refractivity contribution in [1.29, 1.82) is 0 Å². The van der Waals surface area contributed by atoms with E-state index in [-0.39, 0.29) is 5.91 Å². The van der Waals surface area contributed by atoms with Crippen LogP contribution in [0.1, 0.15) is 28.0 Å². The summed E-state index contributed by atoms with van der Waals surface area (Å²) < 4.78 is 1.92. The van der Waals surface area contributed by atoms with Crippen molar-refractivity contribution in [2.75, 3.05) is 26.2 Å². The Kier molecular flexibility index (Phi) is 5.72. The fraction of sp³-hybridized carbons (Fsp3) is 0.333. The number of carbonyl (C=O) groups excluding carboxylic acids is 1. The van der Waals surface area contributed by atoms with E-state index in [1.54, 1.807) is 18.6 Å². The molecule has 0 bridgehead atoms. The summed E-state index contributed by atoms with van der Waals surface area (Å²) in [4.78, 5) is 25.0. The zero-order valence-corrected chi connectivity index (χ0v) is 15.8. The zero-order chi connectivity index (χ0) is 19.2. The van der Waals surface area contributed by atoms with E-state index in [0.717, 1.165) is 39.1 Å². The van der Waals surface area contributed by atoms with Crippen LogP contribution >= 0.6 is 0 Å². The first-order valence-electron chi connectivity index (χ1n) is 9.61. The largest absolute Gasteiger partial charge is 0.336 e. The first-order valence-corrected chi connectivity index (χ1v) is 9.61. The molecular formula is C21H24N6O. The highest BCUT2D eigenvalue weighted by Gasteiger charge is 2.21. The first kappa shape index (κ1) is 18.3. The van der Waals surface area contributed by atoms with E-state index in [2.05, 4.69) is 44.2 Å². The number of hydrogen-bond acceptors (Lipinski definition) is 5. The van der Waals surface area contributed by atoms with Crippen molar-refractivity contribution in [3.05, 3.63) is 78.1 Å². The van der Waals surface area contributed by atoms with Crippen LogP contribution in [0.15, 0.2) is 61.3 Å². The minimum atomic E-state index is -0.0297. The Balaban J connectivity index is 1.31. The summed E-state index contributed by atoms with van der Waals surface area (Å²) in [5.74, 6) is -0.0297. The molecule has 2 aromatic heterocycles. The van der Waals surface area contributed by atoms with Gasteiger partial charge < -0.3 is 4.90 Å². The van der Waals surface area contributed by atoms with Crippen LogP contribution in [-0.4, -0.2) is 61.6 Å². The van der Waals surface area contributed by atoms with Crippen LogP contribution in [0.3, 0.4) is 0 Å². The van der Waals surface area contributed by atoms with Gasteiger partial charge in [0.05, 0.1) is 12.7 Å². The van der Waals surface area contributed by atoms with E-state index in [1.807, 2.05) is 21.8 Å². The molecule has 7 nitrogen and oxygen atoms in total. The maximum Gasteiger partial charge on any atom is 0.274 e. The van der Waals surface area contributed by atoms with Crippen molar-refractivity contribution in [1.82, 2.24) is 29.5 Å². The molecule has 1 saturated heterocycles. The van der Waals surface area contributed by atoms with Crippen LogP contribution in [0.2, 0.25) is 0 Å². The van der Waals surface area contributed by atoms with Gasteiger partial charge in [-0.15, -0.1) is 0 Å². The van der Waals surface area contributed by atoms with E-state index >= 15 is 0 Å². The molecule has 1 fully saturated rings. The molecule has 1 amide bonds. The summed E-state index contributed by atoms with van der Waals surface area (Å²) in [6.45, 7) is 5.01. The highest BCUT2D eigenvalue weighted by atomic mass is 16.2. The van der Waals surface area contributed by atoms with E-state index in [4.69, 9.17) is 0 Å². The van der Waals surface area contributed by atoms with Gasteiger partial charge in [0.2, 0.25) is 0 Å². The number of aromatic nitrogens is 4. The van der Waals surface area contributed by atoms with E-state index in [0.29, 0.717) is 12.2 Å². The molecule has 0 spiro atoms. The van der Waals surface area contributed by atoms with Crippen LogP contribution in [0.25, 0.3) is 0 Å². The molecule has 0 saturated carbocycles. The van der Waals surface area contributed by atoms with Gasteiger partial charge in [0.15, 0.2) is 0 Å². The maximum absolute atomic E-state index is 12.6. The van der Waals surface area contributed by atoms with Crippen molar-refractivity contribution in [3.63, 3.8) is 0 Å². The van der Waals surface area contributed by atoms with E-state index in [1.165, 1.54) is 17.3 Å². The van der Waals surface area contributed by atoms with Gasteiger partial charge in [0.25, 0.3) is 5.91 Å². The molecule has 0 aliphatic carbocycles. The Bertz CT molecular complexity index is 879. The molecule has 1 aromatic carbocycles. The molecule has 0 atom stereocenters. The molecule has 4 rings (SSSR count). The number of carbonyl (C=O) groups is 1. The number of benzene rings is 1. The molecule has 7 heteroatoms. The van der Waals surface area contributed by atoms with Crippen LogP contribution < -0.4 is 0 Å². The Morgan fingerprint density at radius 2 is 1.75 bits per heavy atom. The third kappa shape index (κ3) is 4.61. The van der Waals surface area contributed by atoms with Crippen LogP contribution in [0.4, 0.5) is 0 Å². The van der Waals surface area contributed by atoms with Gasteiger partial charge in [0, 0.05) is 57.5 Å². The van der Waals surface area contributed by atoms with Crippen LogP contribution in [0.5, 0.6) is 0 Å². The number of nitrogens with zero attached hydrogens (tertiary/aromatic N) is 6. The molecular weight excluding hydrogens is 352 g/mol. The molecule has 1 aliphatic heterocycles. The van der Waals surface area contributed by atoms with E-state index in [9.17, 15) is 4.79 Å². The molecule has 144 valence electrons. The van der Waals surface area contributed by atoms with Crippen LogP contribution in [-0.2, 0) is 13.1 Å². The fourth-order valence-electron chi connectivity index (χ4n) is 3.49. The summed E-state index contributed by atoms with van der Waals surface area (Å²) >= 11 is 0. The maximum atomic E-state index is 12.6. The first-order chi connectivity index (χ1) is 13.8. The minimum Gasteiger partial charge on any atom is -0.336 e. The van der Waals surface area contributed by atoms with Gasteiger partial charge in [0.1, 0.15) is 5.69 Å². The van der Waals surface area contributed by atoms with Crippen molar-refractivity contribution >= 4 is 5.91 Å². The van der Waals surface area contributed by atoms with Gasteiger partial charge in [-0.2, -0.15) is 5.10 Å². The standard InChI is InChI=1S/C21H24N6O/c28-21(20-15-22-8-9-23-20)26-11-2-10-25(13-14-26)16-18-3-5-19(6-4-18)17-27-12-1-7-24-27/h1,3-9,12,15H,2,10-11,13-14,16-17H2. The Hall–Kier alpha value is -3.06. The minimum absolute atomic E-state index is 0.0297. The highest BCUT2D eigenvalue weighted by molar-refractivity contribution is 5.91. The number of rotatable bonds is 5. The monoisotopic (exact) mass is 376 g/mol. The third-order valence-electron chi connectivity index (χ3n) is 4.99. The molecule has 3 aromatic rings. The Labute approximate surface area is 164 Å². The van der Waals surface area contributed by atoms with E-state index < -0.39 is 0 Å². The summed E-state index contributed by atoms with van der Waals surface area (Å²) in [6, 6.07) is 10.6. The predicted molar refractivity (Wildman–Crippen MR) is 106 cm³/mol. The molecule has 0 radical (unpaired) electrons. The van der Waals surface area contributed by atoms with Crippen molar-refractivity contribution in [2.24, 2.45) is 0 Å². The summed E-state index contributed by atoms with van der Waals surface area (Å²) in [5, 5.41) is 4.25. The highest BCUT2D eigenvalue weighted by Crippen LogP contribution is 2.12. The molecule has 1 aliphatic rings. The fourth-order valence-corrected chi connectivity index (χ4v) is 3.49. The second kappa shape index (κ2) is 8.75. The zero-order valence-electron chi connectivity index (χ0n) is 15.8. The lowest BCUT2D eigenvalue weighted by Gasteiger charge is -2.22. The lowest BCUT2D eigenvalue weighted by Crippen LogP contribution is -2.35. The summed E-state index contributed by atoms with van der Waals surface area (Å²) in [5.41, 5.74) is 2.95. The van der Waals surface area contributed by atoms with Gasteiger partial charge >= 0.3 is 0 Å². The van der Waals surface area contributed by atoms with Gasteiger partial charge in [-0.05, 0) is 23.6 Å². The summed E-state index contributed by atoms with van der Waals surface area (Å²) in [7, 11) is 0. The third-order valence-corrected chi connectivity index (χ3v) is 4.99. The SMILES string of the molecule is O=C(c1cnccn1)N1CCCN(Cc2ccc(Cn3cccn3)cc2)CC1. The Morgan fingerprint density at radius 3 is 2.46 bits per heavy atom. The Morgan fingerprint density at radius 1 is 0.929 bits per heavy atom. The van der Waals surface area contributed by atoms with Gasteiger partial charge in [-0.3, -0.25) is 19.4 Å². The number of hydrogen-bond donors (Lipinski definition) is 0. The lowest BCUT2D eigenvalue weighted by atomic mass is 10.1.